The van der Waals surface area contributed by atoms with Crippen molar-refractivity contribution in [1.82, 2.24) is 4.57 Å². The average Bonchev–Trinajstić information content (AvgIpc) is 2.56. The number of aryl methyl sites for hydroxylation is 1. The van der Waals surface area contributed by atoms with Crippen LogP contribution in [0.1, 0.15) is 13.3 Å². The highest BCUT2D eigenvalue weighted by Crippen LogP contribution is 2.22. The van der Waals surface area contributed by atoms with Crippen LogP contribution in [0, 0.1) is 0 Å². The fraction of sp³-hybridized carbons (Fsp3) is 0.364. The van der Waals surface area contributed by atoms with Gasteiger partial charge in [0.15, 0.2) is 5.58 Å². The number of nitrogens with zero attached hydrogens (tertiary/aromatic N) is 1. The van der Waals surface area contributed by atoms with Gasteiger partial charge in [-0.3, -0.25) is 4.57 Å². The first-order chi connectivity index (χ1) is 7.27. The summed E-state index contributed by atoms with van der Waals surface area (Å²) in [5.41, 5.74) is 2.42. The van der Waals surface area contributed by atoms with E-state index in [2.05, 4.69) is 5.32 Å². The summed E-state index contributed by atoms with van der Waals surface area (Å²) in [6.07, 6.45) is 0.909. The van der Waals surface area contributed by atoms with Crippen molar-refractivity contribution in [3.8, 4) is 0 Å². The lowest BCUT2D eigenvalue weighted by Gasteiger charge is -2.04. The summed E-state index contributed by atoms with van der Waals surface area (Å²) < 4.78 is 6.83. The van der Waals surface area contributed by atoms with Gasteiger partial charge in [0, 0.05) is 13.6 Å². The number of anilines is 1. The fourth-order valence-electron chi connectivity index (χ4n) is 1.75. The van der Waals surface area contributed by atoms with E-state index in [0.29, 0.717) is 12.1 Å². The molecule has 0 amide bonds. The number of aromatic nitrogens is 1. The van der Waals surface area contributed by atoms with Gasteiger partial charge in [-0.05, 0) is 18.6 Å². The third kappa shape index (κ3) is 1.52. The predicted octanol–water partition coefficient (Wildman–Crippen LogP) is 2.05. The van der Waals surface area contributed by atoms with Gasteiger partial charge in [0.1, 0.15) is 5.52 Å². The second-order valence-electron chi connectivity index (χ2n) is 3.42. The molecule has 1 aromatic carbocycles. The number of hydrogen-bond acceptors (Lipinski definition) is 3. The molecular weight excluding hydrogens is 192 g/mol. The van der Waals surface area contributed by atoms with Crippen molar-refractivity contribution in [3.63, 3.8) is 0 Å². The average molecular weight is 206 g/mol. The summed E-state index contributed by atoms with van der Waals surface area (Å²) in [6, 6.07) is 5.61. The lowest BCUT2D eigenvalue weighted by Crippen LogP contribution is -2.14. The first-order valence-electron chi connectivity index (χ1n) is 5.08. The van der Waals surface area contributed by atoms with E-state index < -0.39 is 0 Å². The number of fused-ring (bicyclic) bond motifs is 1. The molecule has 0 radical (unpaired) electrons. The normalized spacial score (nSPS) is 10.8. The number of benzene rings is 1. The van der Waals surface area contributed by atoms with Crippen molar-refractivity contribution in [2.24, 2.45) is 0 Å². The Hall–Kier alpha value is -1.71. The molecule has 0 aliphatic carbocycles. The lowest BCUT2D eigenvalue weighted by atomic mass is 10.2. The van der Waals surface area contributed by atoms with Gasteiger partial charge < -0.3 is 9.73 Å². The third-order valence-corrected chi connectivity index (χ3v) is 2.40. The molecule has 1 aromatic heterocycles. The summed E-state index contributed by atoms with van der Waals surface area (Å²) in [4.78, 5) is 11.6. The van der Waals surface area contributed by atoms with Crippen molar-refractivity contribution in [1.29, 1.82) is 0 Å². The maximum absolute atomic E-state index is 11.6. The Kier molecular flexibility index (Phi) is 2.49. The Bertz CT molecular complexity index is 525. The molecule has 0 bridgehead atoms. The second kappa shape index (κ2) is 3.81. The van der Waals surface area contributed by atoms with Gasteiger partial charge in [-0.25, -0.2) is 4.79 Å². The van der Waals surface area contributed by atoms with Gasteiger partial charge in [-0.15, -0.1) is 0 Å². The first-order valence-corrected chi connectivity index (χ1v) is 5.08. The van der Waals surface area contributed by atoms with Gasteiger partial charge >= 0.3 is 5.76 Å². The van der Waals surface area contributed by atoms with Crippen LogP contribution in [0.5, 0.6) is 0 Å². The van der Waals surface area contributed by atoms with Crippen LogP contribution in [0.4, 0.5) is 5.69 Å². The molecule has 80 valence electrons. The van der Waals surface area contributed by atoms with E-state index >= 15 is 0 Å². The molecule has 2 aromatic rings. The van der Waals surface area contributed by atoms with E-state index in [9.17, 15) is 4.79 Å². The van der Waals surface area contributed by atoms with Crippen LogP contribution in [0.3, 0.4) is 0 Å². The molecule has 0 spiro atoms. The highest BCUT2D eigenvalue weighted by Gasteiger charge is 2.11. The summed E-state index contributed by atoms with van der Waals surface area (Å²) in [5, 5.41) is 3.06. The first kappa shape index (κ1) is 9.83. The molecule has 15 heavy (non-hydrogen) atoms. The minimum atomic E-state index is -0.283. The Balaban J connectivity index is 2.76. The zero-order valence-corrected chi connectivity index (χ0v) is 8.91. The van der Waals surface area contributed by atoms with Crippen LogP contribution >= 0.6 is 0 Å². The largest absolute Gasteiger partial charge is 0.420 e. The molecule has 4 nitrogen and oxygen atoms in total. The van der Waals surface area contributed by atoms with Crippen LogP contribution in [-0.4, -0.2) is 11.6 Å². The maximum Gasteiger partial charge on any atom is 0.420 e. The van der Waals surface area contributed by atoms with E-state index in [1.54, 1.807) is 4.57 Å². The van der Waals surface area contributed by atoms with E-state index in [0.717, 1.165) is 17.6 Å². The lowest BCUT2D eigenvalue weighted by molar-refractivity contribution is 0.502. The van der Waals surface area contributed by atoms with Crippen molar-refractivity contribution >= 4 is 16.8 Å². The highest BCUT2D eigenvalue weighted by atomic mass is 16.4. The Morgan fingerprint density at radius 2 is 2.27 bits per heavy atom. The summed E-state index contributed by atoms with van der Waals surface area (Å²) in [7, 11) is 1.84. The van der Waals surface area contributed by atoms with Crippen molar-refractivity contribution in [3.05, 3.63) is 28.7 Å². The molecule has 0 atom stereocenters. The van der Waals surface area contributed by atoms with Gasteiger partial charge in [0.05, 0.1) is 5.69 Å². The van der Waals surface area contributed by atoms with Crippen LogP contribution in [-0.2, 0) is 6.54 Å². The molecule has 1 heterocycles. The Morgan fingerprint density at radius 3 is 2.93 bits per heavy atom. The van der Waals surface area contributed by atoms with Gasteiger partial charge in [-0.1, -0.05) is 13.0 Å². The standard InChI is InChI=1S/C11H14N2O2/c1-3-7-13-10-8(12-2)5-4-6-9(10)15-11(13)14/h4-6,12H,3,7H2,1-2H3. The monoisotopic (exact) mass is 206 g/mol. The van der Waals surface area contributed by atoms with E-state index in [4.69, 9.17) is 4.42 Å². The zero-order valence-electron chi connectivity index (χ0n) is 8.91. The number of para-hydroxylation sites is 1. The minimum Gasteiger partial charge on any atom is -0.408 e. The van der Waals surface area contributed by atoms with Crippen LogP contribution in [0.2, 0.25) is 0 Å². The van der Waals surface area contributed by atoms with Crippen LogP contribution in [0.25, 0.3) is 11.1 Å². The SMILES string of the molecule is CCCn1c(=O)oc2cccc(NC)c21. The molecule has 1 N–H and O–H groups in total. The van der Waals surface area contributed by atoms with Crippen LogP contribution < -0.4 is 11.1 Å². The van der Waals surface area contributed by atoms with Gasteiger partial charge in [0.2, 0.25) is 0 Å². The molecule has 0 fully saturated rings. The topological polar surface area (TPSA) is 47.2 Å². The highest BCUT2D eigenvalue weighted by molar-refractivity contribution is 5.86. The van der Waals surface area contributed by atoms with Gasteiger partial charge in [-0.2, -0.15) is 0 Å². The van der Waals surface area contributed by atoms with Crippen molar-refractivity contribution in [2.75, 3.05) is 12.4 Å². The quantitative estimate of drug-likeness (QED) is 0.836. The van der Waals surface area contributed by atoms with Crippen molar-refractivity contribution in [2.45, 2.75) is 19.9 Å². The van der Waals surface area contributed by atoms with Crippen molar-refractivity contribution < 1.29 is 4.42 Å². The Morgan fingerprint density at radius 1 is 1.47 bits per heavy atom. The second-order valence-corrected chi connectivity index (χ2v) is 3.42. The fourth-order valence-corrected chi connectivity index (χ4v) is 1.75. The molecule has 0 aliphatic rings. The maximum atomic E-state index is 11.6. The summed E-state index contributed by atoms with van der Waals surface area (Å²) in [5.74, 6) is -0.283. The molecule has 0 unspecified atom stereocenters. The van der Waals surface area contributed by atoms with Gasteiger partial charge in [0.25, 0.3) is 0 Å². The predicted molar refractivity (Wildman–Crippen MR) is 60.3 cm³/mol. The molecule has 2 rings (SSSR count). The molecule has 4 heteroatoms. The minimum absolute atomic E-state index is 0.283. The van der Waals surface area contributed by atoms with Crippen LogP contribution in [0.15, 0.2) is 27.4 Å². The summed E-state index contributed by atoms with van der Waals surface area (Å²) in [6.45, 7) is 2.72. The number of oxazole rings is 1. The molecular formula is C11H14N2O2. The number of rotatable bonds is 3. The third-order valence-electron chi connectivity index (χ3n) is 2.40. The number of nitrogens with one attached hydrogen (secondary N) is 1. The zero-order chi connectivity index (χ0) is 10.8. The number of hydrogen-bond donors (Lipinski definition) is 1. The van der Waals surface area contributed by atoms with E-state index in [1.807, 2.05) is 32.2 Å². The summed E-state index contributed by atoms with van der Waals surface area (Å²) >= 11 is 0. The van der Waals surface area contributed by atoms with E-state index in [1.165, 1.54) is 0 Å². The molecule has 0 aliphatic heterocycles. The smallest absolute Gasteiger partial charge is 0.408 e. The molecule has 0 saturated heterocycles. The Labute approximate surface area is 87.5 Å². The van der Waals surface area contributed by atoms with E-state index in [-0.39, 0.29) is 5.76 Å². The molecule has 0 saturated carbocycles.